The number of aromatic amines is 1. The molecule has 0 aliphatic rings. The lowest BCUT2D eigenvalue weighted by molar-refractivity contribution is 0.293. The Kier molecular flexibility index (Phi) is 15.1. The van der Waals surface area contributed by atoms with Crippen molar-refractivity contribution < 1.29 is 24.3 Å². The average molecular weight is 799 g/mol. The molecule has 9 nitrogen and oxygen atoms in total. The minimum absolute atomic E-state index is 0.418. The van der Waals surface area contributed by atoms with Crippen molar-refractivity contribution in [2.24, 2.45) is 0 Å². The predicted octanol–water partition coefficient (Wildman–Crippen LogP) is 9.77. The molecule has 0 saturated heterocycles. The Morgan fingerprint density at radius 3 is 1.73 bits per heavy atom. The molecule has 0 unspecified atom stereocenters. The summed E-state index contributed by atoms with van der Waals surface area (Å²) in [6.45, 7) is 11.5. The zero-order chi connectivity index (χ0) is 42.3. The first-order valence-electron chi connectivity index (χ1n) is 19.9. The summed E-state index contributed by atoms with van der Waals surface area (Å²) < 4.78 is 19.1. The van der Waals surface area contributed by atoms with Gasteiger partial charge in [0.05, 0.1) is 29.6 Å². The number of ether oxygens (including phenoxy) is 3. The summed E-state index contributed by atoms with van der Waals surface area (Å²) >= 11 is 0. The molecule has 0 saturated carbocycles. The van der Waals surface area contributed by atoms with E-state index < -0.39 is 7.12 Å². The lowest BCUT2D eigenvalue weighted by atomic mass is 9.79. The highest BCUT2D eigenvalue weighted by molar-refractivity contribution is 6.59. The van der Waals surface area contributed by atoms with Gasteiger partial charge >= 0.3 is 7.12 Å². The van der Waals surface area contributed by atoms with Gasteiger partial charge in [-0.05, 0) is 80.6 Å². The summed E-state index contributed by atoms with van der Waals surface area (Å²) in [5.41, 5.74) is 12.5. The van der Waals surface area contributed by atoms with Crippen molar-refractivity contribution in [3.8, 4) is 45.5 Å². The van der Waals surface area contributed by atoms with Crippen LogP contribution in [-0.4, -0.2) is 43.8 Å². The second-order valence-corrected chi connectivity index (χ2v) is 14.4. The van der Waals surface area contributed by atoms with Crippen LogP contribution in [0, 0.1) is 27.7 Å². The average Bonchev–Trinajstić information content (AvgIpc) is 3.92. The van der Waals surface area contributed by atoms with Crippen molar-refractivity contribution >= 4 is 12.6 Å². The van der Waals surface area contributed by atoms with E-state index in [-0.39, 0.29) is 0 Å². The topological polar surface area (TPSA) is 115 Å². The molecule has 0 radical (unpaired) electrons. The predicted molar refractivity (Wildman–Crippen MR) is 241 cm³/mol. The second kappa shape index (κ2) is 21.2. The van der Waals surface area contributed by atoms with Crippen LogP contribution in [0.2, 0.25) is 0 Å². The summed E-state index contributed by atoms with van der Waals surface area (Å²) in [5, 5.41) is 29.8. The number of rotatable bonds is 12. The maximum absolute atomic E-state index is 9.03. The molecular weight excluding hydrogens is 747 g/mol. The molecule has 10 heteroatoms. The number of benzene rings is 6. The summed E-state index contributed by atoms with van der Waals surface area (Å²) in [6, 6.07) is 50.7. The van der Waals surface area contributed by atoms with Crippen molar-refractivity contribution in [1.29, 1.82) is 0 Å². The summed E-state index contributed by atoms with van der Waals surface area (Å²) in [6.07, 6.45) is 3.84. The summed E-state index contributed by atoms with van der Waals surface area (Å²) in [5.74, 6) is 1.88. The van der Waals surface area contributed by atoms with Crippen LogP contribution in [0.25, 0.3) is 27.9 Å². The molecule has 8 aromatic rings. The number of aromatic nitrogens is 4. The van der Waals surface area contributed by atoms with E-state index in [0.717, 1.165) is 44.6 Å². The quantitative estimate of drug-likeness (QED) is 0.106. The highest BCUT2D eigenvalue weighted by Gasteiger charge is 2.17. The number of hydrogen-bond donors (Lipinski definition) is 3. The SMILES string of the molecule is CCOc1ccc(C)cc1B(O)O.Cc1ccc(-c2cn(-c3cccc(C)c3)nc2OCc2ccccc2)cc1.Cc1ccc(-c2cn[nH]c2OCc2ccccc2)cc1. The van der Waals surface area contributed by atoms with Crippen LogP contribution in [0.3, 0.4) is 0 Å². The summed E-state index contributed by atoms with van der Waals surface area (Å²) in [7, 11) is -1.47. The standard InChI is InChI=1S/C24H22N2O.C17H16N2O.C9H13BO3/c1-18-11-13-21(14-12-18)23-16-26(22-10-6-7-19(2)15-22)25-24(23)27-17-20-8-4-3-5-9-20;1-13-7-9-15(10-8-13)16-11-18-19-17(16)20-12-14-5-3-2-4-6-14;1-3-13-9-5-4-7(2)6-8(9)10(11)12/h3-16H,17H2,1-2H3;2-11H,12H2,1H3,(H,18,19);4-6,11-12H,3H2,1-2H3. The number of H-pyrrole nitrogens is 1. The third kappa shape index (κ3) is 12.1. The van der Waals surface area contributed by atoms with E-state index in [4.69, 9.17) is 29.4 Å². The Labute approximate surface area is 353 Å². The molecule has 2 heterocycles. The van der Waals surface area contributed by atoms with Gasteiger partial charge in [-0.1, -0.05) is 150 Å². The Morgan fingerprint density at radius 1 is 0.583 bits per heavy atom. The Morgan fingerprint density at radius 2 is 1.15 bits per heavy atom. The molecule has 0 atom stereocenters. The highest BCUT2D eigenvalue weighted by Crippen LogP contribution is 2.31. The molecule has 0 fully saturated rings. The zero-order valence-corrected chi connectivity index (χ0v) is 34.7. The first-order chi connectivity index (χ1) is 29.2. The number of aryl methyl sites for hydroxylation is 4. The Hall–Kier alpha value is -6.88. The van der Waals surface area contributed by atoms with Gasteiger partial charge in [0.25, 0.3) is 0 Å². The van der Waals surface area contributed by atoms with E-state index in [9.17, 15) is 0 Å². The van der Waals surface area contributed by atoms with Crippen LogP contribution in [0.15, 0.2) is 164 Å². The second-order valence-electron chi connectivity index (χ2n) is 14.4. The largest absolute Gasteiger partial charge is 0.494 e. The first-order valence-corrected chi connectivity index (χ1v) is 19.9. The van der Waals surface area contributed by atoms with Gasteiger partial charge < -0.3 is 24.3 Å². The van der Waals surface area contributed by atoms with Gasteiger partial charge in [0, 0.05) is 11.7 Å². The molecule has 3 N–H and O–H groups in total. The van der Waals surface area contributed by atoms with Crippen LogP contribution in [0.1, 0.15) is 40.3 Å². The van der Waals surface area contributed by atoms with E-state index in [2.05, 4.69) is 110 Å². The van der Waals surface area contributed by atoms with E-state index in [1.54, 1.807) is 18.3 Å². The molecule has 0 bridgehead atoms. The van der Waals surface area contributed by atoms with Crippen LogP contribution in [0.5, 0.6) is 17.5 Å². The van der Waals surface area contributed by atoms with Crippen molar-refractivity contribution in [2.75, 3.05) is 6.61 Å². The molecule has 0 amide bonds. The fraction of sp³-hybridized carbons (Fsp3) is 0.160. The van der Waals surface area contributed by atoms with Gasteiger partial charge in [0.15, 0.2) is 0 Å². The molecule has 304 valence electrons. The number of hydrogen-bond acceptors (Lipinski definition) is 7. The summed E-state index contributed by atoms with van der Waals surface area (Å²) in [4.78, 5) is 0. The van der Waals surface area contributed by atoms with Crippen LogP contribution >= 0.6 is 0 Å². The lowest BCUT2D eigenvalue weighted by Gasteiger charge is -2.09. The van der Waals surface area contributed by atoms with Gasteiger partial charge in [0.2, 0.25) is 11.8 Å². The monoisotopic (exact) mass is 798 g/mol. The van der Waals surface area contributed by atoms with Crippen LogP contribution in [0.4, 0.5) is 0 Å². The Bertz CT molecular complexity index is 2520. The van der Waals surface area contributed by atoms with Crippen molar-refractivity contribution in [1.82, 2.24) is 20.0 Å². The molecule has 2 aromatic heterocycles. The van der Waals surface area contributed by atoms with Crippen molar-refractivity contribution in [3.63, 3.8) is 0 Å². The van der Waals surface area contributed by atoms with E-state index in [1.165, 1.54) is 16.7 Å². The third-order valence-corrected chi connectivity index (χ3v) is 9.46. The minimum atomic E-state index is -1.47. The number of nitrogens with zero attached hydrogens (tertiary/aromatic N) is 3. The van der Waals surface area contributed by atoms with Gasteiger partial charge in [-0.15, -0.1) is 5.10 Å². The van der Waals surface area contributed by atoms with Gasteiger partial charge in [-0.25, -0.2) is 9.78 Å². The third-order valence-electron chi connectivity index (χ3n) is 9.46. The van der Waals surface area contributed by atoms with Crippen molar-refractivity contribution in [2.45, 2.75) is 47.8 Å². The molecule has 60 heavy (non-hydrogen) atoms. The van der Waals surface area contributed by atoms with Gasteiger partial charge in [-0.3, -0.25) is 0 Å². The fourth-order valence-corrected chi connectivity index (χ4v) is 6.23. The maximum Gasteiger partial charge on any atom is 0.492 e. The molecular formula is C50H51BN4O5. The van der Waals surface area contributed by atoms with E-state index >= 15 is 0 Å². The minimum Gasteiger partial charge on any atom is -0.494 e. The zero-order valence-electron chi connectivity index (χ0n) is 34.7. The smallest absolute Gasteiger partial charge is 0.492 e. The first kappa shape index (κ1) is 42.7. The molecule has 0 aliphatic heterocycles. The van der Waals surface area contributed by atoms with Gasteiger partial charge in [-0.2, -0.15) is 5.10 Å². The normalized spacial score (nSPS) is 10.4. The maximum atomic E-state index is 9.03. The Balaban J connectivity index is 0.000000161. The molecule has 6 aromatic carbocycles. The number of nitrogens with one attached hydrogen (secondary N) is 1. The highest BCUT2D eigenvalue weighted by atomic mass is 16.5. The van der Waals surface area contributed by atoms with Crippen molar-refractivity contribution in [3.05, 3.63) is 197 Å². The van der Waals surface area contributed by atoms with Crippen LogP contribution in [-0.2, 0) is 13.2 Å². The van der Waals surface area contributed by atoms with Gasteiger partial charge in [0.1, 0.15) is 19.0 Å². The lowest BCUT2D eigenvalue weighted by Crippen LogP contribution is -2.31. The molecule has 0 spiro atoms. The molecule has 8 rings (SSSR count). The molecule has 0 aliphatic carbocycles. The van der Waals surface area contributed by atoms with Crippen LogP contribution < -0.4 is 19.7 Å². The van der Waals surface area contributed by atoms with E-state index in [1.807, 2.05) is 85.4 Å². The fourth-order valence-electron chi connectivity index (χ4n) is 6.23. The van der Waals surface area contributed by atoms with E-state index in [0.29, 0.717) is 42.8 Å².